The van der Waals surface area contributed by atoms with E-state index >= 15 is 0 Å². The van der Waals surface area contributed by atoms with Crippen LogP contribution in [0.3, 0.4) is 0 Å². The van der Waals surface area contributed by atoms with Gasteiger partial charge in [0.05, 0.1) is 24.2 Å². The Kier molecular flexibility index (Phi) is 5.77. The standard InChI is InChI=1S/C15H21N3O4S2/c19-15(14-10-23-11-17-14)16-9-12-1-3-13(4-2-12)24(20,21)18-5-7-22-8-6-18/h1-4,14,17H,5-11H2,(H,16,19). The molecule has 24 heavy (non-hydrogen) atoms. The fraction of sp³-hybridized carbons (Fsp3) is 0.533. The first kappa shape index (κ1) is 17.7. The molecule has 2 heterocycles. The molecule has 7 nitrogen and oxygen atoms in total. The third-order valence-electron chi connectivity index (χ3n) is 4.03. The molecule has 1 unspecified atom stereocenters. The van der Waals surface area contributed by atoms with Crippen LogP contribution in [0.1, 0.15) is 5.56 Å². The first-order chi connectivity index (χ1) is 11.6. The lowest BCUT2D eigenvalue weighted by Crippen LogP contribution is -2.41. The summed E-state index contributed by atoms with van der Waals surface area (Å²) in [6.45, 7) is 2.01. The molecule has 1 atom stereocenters. The quantitative estimate of drug-likeness (QED) is 0.757. The molecule has 0 saturated carbocycles. The van der Waals surface area contributed by atoms with E-state index in [4.69, 9.17) is 4.74 Å². The first-order valence-electron chi connectivity index (χ1n) is 7.83. The number of nitrogens with zero attached hydrogens (tertiary/aromatic N) is 1. The van der Waals surface area contributed by atoms with E-state index in [9.17, 15) is 13.2 Å². The average molecular weight is 371 g/mol. The number of thioether (sulfide) groups is 1. The molecular weight excluding hydrogens is 350 g/mol. The predicted octanol–water partition coefficient (Wildman–Crippen LogP) is -0.0138. The van der Waals surface area contributed by atoms with Gasteiger partial charge in [0.15, 0.2) is 0 Å². The van der Waals surface area contributed by atoms with Crippen molar-refractivity contribution in [3.8, 4) is 0 Å². The van der Waals surface area contributed by atoms with Crippen LogP contribution in [-0.2, 0) is 26.1 Å². The van der Waals surface area contributed by atoms with E-state index in [0.717, 1.165) is 17.2 Å². The predicted molar refractivity (Wildman–Crippen MR) is 92.1 cm³/mol. The van der Waals surface area contributed by atoms with Gasteiger partial charge in [-0.1, -0.05) is 12.1 Å². The molecule has 0 radical (unpaired) electrons. The van der Waals surface area contributed by atoms with E-state index in [1.165, 1.54) is 4.31 Å². The Morgan fingerprint density at radius 3 is 2.62 bits per heavy atom. The zero-order chi connectivity index (χ0) is 17.0. The van der Waals surface area contributed by atoms with Crippen molar-refractivity contribution >= 4 is 27.7 Å². The number of nitrogens with one attached hydrogen (secondary N) is 2. The largest absolute Gasteiger partial charge is 0.379 e. The van der Waals surface area contributed by atoms with Gasteiger partial charge in [-0.25, -0.2) is 8.42 Å². The second-order valence-corrected chi connectivity index (χ2v) is 8.62. The van der Waals surface area contributed by atoms with Crippen molar-refractivity contribution in [2.75, 3.05) is 37.9 Å². The molecule has 2 N–H and O–H groups in total. The van der Waals surface area contributed by atoms with Gasteiger partial charge in [-0.15, -0.1) is 11.8 Å². The van der Waals surface area contributed by atoms with Crippen LogP contribution in [0.5, 0.6) is 0 Å². The van der Waals surface area contributed by atoms with Crippen molar-refractivity contribution in [2.45, 2.75) is 17.5 Å². The zero-order valence-electron chi connectivity index (χ0n) is 13.2. The molecule has 2 saturated heterocycles. The van der Waals surface area contributed by atoms with Crippen LogP contribution in [0.2, 0.25) is 0 Å². The summed E-state index contributed by atoms with van der Waals surface area (Å²) in [6.07, 6.45) is 0. The third-order valence-corrected chi connectivity index (χ3v) is 6.88. The minimum absolute atomic E-state index is 0.0231. The maximum atomic E-state index is 12.5. The van der Waals surface area contributed by atoms with Crippen molar-refractivity contribution in [3.63, 3.8) is 0 Å². The molecule has 2 aliphatic rings. The second kappa shape index (κ2) is 7.83. The van der Waals surface area contributed by atoms with Crippen molar-refractivity contribution in [2.24, 2.45) is 0 Å². The Labute approximate surface area is 146 Å². The maximum Gasteiger partial charge on any atom is 0.243 e. The van der Waals surface area contributed by atoms with Crippen LogP contribution < -0.4 is 10.6 Å². The molecular formula is C15H21N3O4S2. The number of morpholine rings is 1. The molecule has 0 spiro atoms. The number of sulfonamides is 1. The second-order valence-electron chi connectivity index (χ2n) is 5.65. The van der Waals surface area contributed by atoms with Crippen LogP contribution in [-0.4, -0.2) is 62.6 Å². The first-order valence-corrected chi connectivity index (χ1v) is 10.4. The molecule has 2 fully saturated rings. The molecule has 2 aliphatic heterocycles. The molecule has 1 amide bonds. The molecule has 1 aromatic carbocycles. The van der Waals surface area contributed by atoms with E-state index in [2.05, 4.69) is 10.6 Å². The molecule has 9 heteroatoms. The normalized spacial score (nSPS) is 22.4. The molecule has 0 aliphatic carbocycles. The highest BCUT2D eigenvalue weighted by atomic mass is 32.2. The van der Waals surface area contributed by atoms with Crippen molar-refractivity contribution in [1.29, 1.82) is 0 Å². The number of rotatable bonds is 5. The van der Waals surface area contributed by atoms with Crippen LogP contribution in [0.15, 0.2) is 29.2 Å². The van der Waals surface area contributed by atoms with Crippen molar-refractivity contribution in [1.82, 2.24) is 14.9 Å². The topological polar surface area (TPSA) is 87.7 Å². The number of ether oxygens (including phenoxy) is 1. The summed E-state index contributed by atoms with van der Waals surface area (Å²) in [6, 6.07) is 6.52. The molecule has 1 aromatic rings. The zero-order valence-corrected chi connectivity index (χ0v) is 14.9. The van der Waals surface area contributed by atoms with Crippen LogP contribution in [0.4, 0.5) is 0 Å². The summed E-state index contributed by atoms with van der Waals surface area (Å²) in [5.41, 5.74) is 0.870. The Morgan fingerprint density at radius 1 is 1.29 bits per heavy atom. The summed E-state index contributed by atoms with van der Waals surface area (Å²) in [5, 5.41) is 5.99. The number of hydrogen-bond donors (Lipinski definition) is 2. The van der Waals surface area contributed by atoms with Gasteiger partial charge in [0.25, 0.3) is 0 Å². The summed E-state index contributed by atoms with van der Waals surface area (Å²) in [7, 11) is -3.47. The summed E-state index contributed by atoms with van der Waals surface area (Å²) in [5.74, 6) is 1.55. The number of amides is 1. The van der Waals surface area contributed by atoms with Crippen LogP contribution in [0.25, 0.3) is 0 Å². The van der Waals surface area contributed by atoms with E-state index in [1.54, 1.807) is 36.0 Å². The van der Waals surface area contributed by atoms with E-state index in [-0.39, 0.29) is 16.8 Å². The SMILES string of the molecule is O=C(NCc1ccc(S(=O)(=O)N2CCOCC2)cc1)C1CSCN1. The maximum absolute atomic E-state index is 12.5. The van der Waals surface area contributed by atoms with Crippen molar-refractivity contribution in [3.05, 3.63) is 29.8 Å². The highest BCUT2D eigenvalue weighted by molar-refractivity contribution is 7.99. The highest BCUT2D eigenvalue weighted by Gasteiger charge is 2.26. The summed E-state index contributed by atoms with van der Waals surface area (Å²) < 4.78 is 31.7. The minimum atomic E-state index is -3.47. The number of carbonyl (C=O) groups excluding carboxylic acids is 1. The fourth-order valence-electron chi connectivity index (χ4n) is 2.59. The number of benzene rings is 1. The molecule has 3 rings (SSSR count). The fourth-order valence-corrected chi connectivity index (χ4v) is 4.94. The summed E-state index contributed by atoms with van der Waals surface area (Å²) in [4.78, 5) is 12.2. The Morgan fingerprint density at radius 2 is 2.00 bits per heavy atom. The Bertz CT molecular complexity index is 666. The van der Waals surface area contributed by atoms with Gasteiger partial charge in [-0.2, -0.15) is 4.31 Å². The minimum Gasteiger partial charge on any atom is -0.379 e. The van der Waals surface area contributed by atoms with E-state index in [1.807, 2.05) is 0 Å². The van der Waals surface area contributed by atoms with Gasteiger partial charge in [0.2, 0.25) is 15.9 Å². The molecule has 0 bridgehead atoms. The van der Waals surface area contributed by atoms with Gasteiger partial charge in [0, 0.05) is 31.3 Å². The Hall–Kier alpha value is -1.13. The average Bonchev–Trinajstić information content (AvgIpc) is 3.15. The smallest absolute Gasteiger partial charge is 0.243 e. The van der Waals surface area contributed by atoms with E-state index < -0.39 is 10.0 Å². The lowest BCUT2D eigenvalue weighted by atomic mass is 10.2. The van der Waals surface area contributed by atoms with Gasteiger partial charge in [0.1, 0.15) is 0 Å². The lowest BCUT2D eigenvalue weighted by Gasteiger charge is -2.26. The van der Waals surface area contributed by atoms with Crippen LogP contribution in [0, 0.1) is 0 Å². The lowest BCUT2D eigenvalue weighted by molar-refractivity contribution is -0.122. The van der Waals surface area contributed by atoms with Gasteiger partial charge >= 0.3 is 0 Å². The van der Waals surface area contributed by atoms with Crippen molar-refractivity contribution < 1.29 is 17.9 Å². The molecule has 132 valence electrons. The van der Waals surface area contributed by atoms with Crippen LogP contribution >= 0.6 is 11.8 Å². The highest BCUT2D eigenvalue weighted by Crippen LogP contribution is 2.17. The van der Waals surface area contributed by atoms with Gasteiger partial charge < -0.3 is 10.1 Å². The third kappa shape index (κ3) is 4.09. The van der Waals surface area contributed by atoms with Gasteiger partial charge in [-0.3, -0.25) is 10.1 Å². The van der Waals surface area contributed by atoms with E-state index in [0.29, 0.717) is 32.8 Å². The number of hydrogen-bond acceptors (Lipinski definition) is 6. The Balaban J connectivity index is 1.59. The van der Waals surface area contributed by atoms with Gasteiger partial charge in [-0.05, 0) is 17.7 Å². The molecule has 0 aromatic heterocycles. The monoisotopic (exact) mass is 371 g/mol. The number of carbonyl (C=O) groups is 1. The summed E-state index contributed by atoms with van der Waals surface area (Å²) >= 11 is 1.70.